The fourth-order valence-corrected chi connectivity index (χ4v) is 2.88. The van der Waals surface area contributed by atoms with E-state index in [-0.39, 0.29) is 10.8 Å². The van der Waals surface area contributed by atoms with Crippen molar-refractivity contribution in [2.24, 2.45) is 21.0 Å². The molecule has 0 aliphatic heterocycles. The molecule has 0 spiro atoms. The second-order valence-electron chi connectivity index (χ2n) is 8.85. The smallest absolute Gasteiger partial charge is 0.118 e. The molecular weight excluding hydrogens is 348 g/mol. The Morgan fingerprint density at radius 3 is 1.07 bits per heavy atom. The second-order valence-corrected chi connectivity index (χ2v) is 8.85. The second kappa shape index (κ2) is 8.59. The van der Waals surface area contributed by atoms with Gasteiger partial charge in [-0.2, -0.15) is 10.2 Å². The van der Waals surface area contributed by atoms with Gasteiger partial charge >= 0.3 is 0 Å². The van der Waals surface area contributed by atoms with Crippen molar-refractivity contribution in [1.29, 1.82) is 0 Å². The highest BCUT2D eigenvalue weighted by atomic mass is 16.5. The molecule has 0 fully saturated rings. The van der Waals surface area contributed by atoms with Crippen LogP contribution in [0, 0.1) is 10.8 Å². The first kappa shape index (κ1) is 21.7. The monoisotopic (exact) mass is 380 g/mol. The summed E-state index contributed by atoms with van der Waals surface area (Å²) in [5.74, 6) is 1.66. The minimum atomic E-state index is -0.152. The van der Waals surface area contributed by atoms with Crippen LogP contribution >= 0.6 is 0 Å². The summed E-state index contributed by atoms with van der Waals surface area (Å²) in [5.41, 5.74) is 3.65. The Hall–Kier alpha value is -2.62. The van der Waals surface area contributed by atoms with Crippen LogP contribution in [0.4, 0.5) is 0 Å². The maximum atomic E-state index is 5.28. The Morgan fingerprint density at radius 2 is 0.857 bits per heavy atom. The van der Waals surface area contributed by atoms with E-state index in [4.69, 9.17) is 19.7 Å². The zero-order chi connectivity index (χ0) is 20.9. The SMILES string of the molecule is COc1ccc(/C(=N/N=C(/c2ccc(OC)cc2)C(C)(C)C)C(C)(C)C)cc1. The molecule has 0 saturated heterocycles. The molecule has 150 valence electrons. The van der Waals surface area contributed by atoms with Gasteiger partial charge in [0.05, 0.1) is 25.6 Å². The highest BCUT2D eigenvalue weighted by molar-refractivity contribution is 6.07. The maximum Gasteiger partial charge on any atom is 0.118 e. The average Bonchev–Trinajstić information content (AvgIpc) is 2.63. The lowest BCUT2D eigenvalue weighted by Crippen LogP contribution is -2.24. The number of hydrogen-bond donors (Lipinski definition) is 0. The molecule has 0 atom stereocenters. The average molecular weight is 381 g/mol. The topological polar surface area (TPSA) is 43.2 Å². The van der Waals surface area contributed by atoms with Crippen molar-refractivity contribution in [3.63, 3.8) is 0 Å². The first-order valence-corrected chi connectivity index (χ1v) is 9.51. The van der Waals surface area contributed by atoms with Crippen molar-refractivity contribution in [2.45, 2.75) is 41.5 Å². The third kappa shape index (κ3) is 5.44. The van der Waals surface area contributed by atoms with Crippen LogP contribution in [0.1, 0.15) is 52.7 Å². The van der Waals surface area contributed by atoms with Crippen molar-refractivity contribution in [2.75, 3.05) is 14.2 Å². The summed E-state index contributed by atoms with van der Waals surface area (Å²) in [4.78, 5) is 0. The first-order valence-electron chi connectivity index (χ1n) is 9.51. The van der Waals surface area contributed by atoms with Gasteiger partial charge in [-0.05, 0) is 59.7 Å². The lowest BCUT2D eigenvalue weighted by molar-refractivity contribution is 0.414. The zero-order valence-corrected chi connectivity index (χ0v) is 18.3. The Bertz CT molecular complexity index is 761. The van der Waals surface area contributed by atoms with E-state index in [1.54, 1.807) is 14.2 Å². The predicted molar refractivity (Wildman–Crippen MR) is 118 cm³/mol. The number of rotatable bonds is 5. The van der Waals surface area contributed by atoms with Crippen LogP contribution in [0.15, 0.2) is 58.7 Å². The van der Waals surface area contributed by atoms with Gasteiger partial charge in [-0.25, -0.2) is 0 Å². The summed E-state index contributed by atoms with van der Waals surface area (Å²) in [6, 6.07) is 15.9. The van der Waals surface area contributed by atoms with E-state index in [2.05, 4.69) is 41.5 Å². The standard InChI is InChI=1S/C24H32N2O2/c1-23(2,3)21(17-9-13-19(27-7)14-10-17)25-26-22(24(4,5)6)18-11-15-20(28-8)16-12-18/h9-16H,1-8H3/b25-21-,26-22-. The fourth-order valence-electron chi connectivity index (χ4n) is 2.88. The van der Waals surface area contributed by atoms with Gasteiger partial charge in [0.25, 0.3) is 0 Å². The Kier molecular flexibility index (Phi) is 6.65. The summed E-state index contributed by atoms with van der Waals surface area (Å²) in [7, 11) is 3.34. The van der Waals surface area contributed by atoms with Gasteiger partial charge in [-0.3, -0.25) is 0 Å². The van der Waals surface area contributed by atoms with Crippen LogP contribution < -0.4 is 9.47 Å². The fraction of sp³-hybridized carbons (Fsp3) is 0.417. The Balaban J connectivity index is 2.55. The van der Waals surface area contributed by atoms with E-state index in [9.17, 15) is 0 Å². The molecule has 0 bridgehead atoms. The first-order chi connectivity index (χ1) is 13.1. The third-order valence-electron chi connectivity index (χ3n) is 4.40. The molecule has 0 radical (unpaired) electrons. The van der Waals surface area contributed by atoms with Gasteiger partial charge in [0.15, 0.2) is 0 Å². The Labute approximate surface area is 169 Å². The van der Waals surface area contributed by atoms with E-state index in [0.717, 1.165) is 34.0 Å². The predicted octanol–water partition coefficient (Wildman–Crippen LogP) is 5.99. The third-order valence-corrected chi connectivity index (χ3v) is 4.40. The molecule has 0 aliphatic carbocycles. The van der Waals surface area contributed by atoms with Gasteiger partial charge < -0.3 is 9.47 Å². The molecule has 2 aromatic rings. The quantitative estimate of drug-likeness (QED) is 0.472. The molecule has 2 rings (SSSR count). The summed E-state index contributed by atoms with van der Waals surface area (Å²) in [6.45, 7) is 12.9. The van der Waals surface area contributed by atoms with E-state index in [1.165, 1.54) is 0 Å². The highest BCUT2D eigenvalue weighted by Crippen LogP contribution is 2.27. The lowest BCUT2D eigenvalue weighted by Gasteiger charge is -2.23. The number of benzene rings is 2. The molecule has 0 heterocycles. The number of ether oxygens (including phenoxy) is 2. The van der Waals surface area contributed by atoms with Crippen molar-refractivity contribution in [1.82, 2.24) is 0 Å². The van der Waals surface area contributed by atoms with Gasteiger partial charge in [0.2, 0.25) is 0 Å². The van der Waals surface area contributed by atoms with E-state index >= 15 is 0 Å². The molecular formula is C24H32N2O2. The molecule has 4 heteroatoms. The van der Waals surface area contributed by atoms with Gasteiger partial charge in [-0.1, -0.05) is 41.5 Å². The molecule has 0 amide bonds. The minimum Gasteiger partial charge on any atom is -0.497 e. The maximum absolute atomic E-state index is 5.28. The van der Waals surface area contributed by atoms with Crippen LogP contribution in [-0.4, -0.2) is 25.6 Å². The van der Waals surface area contributed by atoms with Crippen molar-refractivity contribution >= 4 is 11.4 Å². The van der Waals surface area contributed by atoms with E-state index < -0.39 is 0 Å². The minimum absolute atomic E-state index is 0.152. The number of methoxy groups -OCH3 is 2. The normalized spacial score (nSPS) is 13.4. The molecule has 0 saturated carbocycles. The molecule has 0 aliphatic rings. The summed E-state index contributed by atoms with van der Waals surface area (Å²) in [5, 5.41) is 9.48. The van der Waals surface area contributed by atoms with Crippen molar-refractivity contribution in [3.8, 4) is 11.5 Å². The summed E-state index contributed by atoms with van der Waals surface area (Å²) < 4.78 is 10.6. The van der Waals surface area contributed by atoms with Crippen molar-refractivity contribution in [3.05, 3.63) is 59.7 Å². The Morgan fingerprint density at radius 1 is 0.571 bits per heavy atom. The summed E-state index contributed by atoms with van der Waals surface area (Å²) >= 11 is 0. The van der Waals surface area contributed by atoms with Gasteiger partial charge in [0, 0.05) is 10.8 Å². The van der Waals surface area contributed by atoms with Gasteiger partial charge in [0.1, 0.15) is 11.5 Å². The summed E-state index contributed by atoms with van der Waals surface area (Å²) in [6.07, 6.45) is 0. The van der Waals surface area contributed by atoms with E-state index in [1.807, 2.05) is 48.5 Å². The van der Waals surface area contributed by atoms with Crippen molar-refractivity contribution < 1.29 is 9.47 Å². The van der Waals surface area contributed by atoms with Crippen LogP contribution in [0.3, 0.4) is 0 Å². The molecule has 0 aromatic heterocycles. The molecule has 2 aromatic carbocycles. The van der Waals surface area contributed by atoms with Gasteiger partial charge in [-0.15, -0.1) is 0 Å². The number of nitrogens with zero attached hydrogens (tertiary/aromatic N) is 2. The lowest BCUT2D eigenvalue weighted by atomic mass is 9.85. The van der Waals surface area contributed by atoms with Crippen LogP contribution in [0.2, 0.25) is 0 Å². The zero-order valence-electron chi connectivity index (χ0n) is 18.3. The molecule has 0 N–H and O–H groups in total. The van der Waals surface area contributed by atoms with Crippen LogP contribution in [0.25, 0.3) is 0 Å². The molecule has 0 unspecified atom stereocenters. The van der Waals surface area contributed by atoms with Crippen LogP contribution in [0.5, 0.6) is 11.5 Å². The largest absolute Gasteiger partial charge is 0.497 e. The highest BCUT2D eigenvalue weighted by Gasteiger charge is 2.24. The molecule has 4 nitrogen and oxygen atoms in total. The van der Waals surface area contributed by atoms with E-state index in [0.29, 0.717) is 0 Å². The molecule has 28 heavy (non-hydrogen) atoms. The van der Waals surface area contributed by atoms with Crippen LogP contribution in [-0.2, 0) is 0 Å². The number of hydrogen-bond acceptors (Lipinski definition) is 4.